The number of aromatic hydroxyl groups is 2. The van der Waals surface area contributed by atoms with Gasteiger partial charge in [-0.2, -0.15) is 0 Å². The van der Waals surface area contributed by atoms with Crippen molar-refractivity contribution in [3.05, 3.63) is 80.0 Å². The third kappa shape index (κ3) is 14.7. The zero-order valence-electron chi connectivity index (χ0n) is 28.4. The summed E-state index contributed by atoms with van der Waals surface area (Å²) in [7, 11) is 1.62. The van der Waals surface area contributed by atoms with Crippen LogP contribution in [0.15, 0.2) is 42.5 Å². The molecule has 0 aliphatic carbocycles. The third-order valence-electron chi connectivity index (χ3n) is 6.09. The molecular weight excluding hydrogens is 542 g/mol. The number of nitrogens with zero attached hydrogens (tertiary/aromatic N) is 1. The van der Waals surface area contributed by atoms with E-state index in [1.165, 1.54) is 53.8 Å². The maximum absolute atomic E-state index is 12.4. The minimum Gasteiger partial charge on any atom is -0.507 e. The minimum absolute atomic E-state index is 0.00113. The molecule has 0 unspecified atom stereocenters. The lowest BCUT2D eigenvalue weighted by Gasteiger charge is -2.17. The van der Waals surface area contributed by atoms with Crippen LogP contribution >= 0.6 is 11.3 Å². The molecule has 0 aliphatic rings. The Morgan fingerprint density at radius 2 is 1.31 bits per heavy atom. The van der Waals surface area contributed by atoms with E-state index in [-0.39, 0.29) is 28.4 Å². The smallest absolute Gasteiger partial charge is 0.257 e. The number of thiophene rings is 1. The molecule has 0 atom stereocenters. The second-order valence-electron chi connectivity index (χ2n) is 9.45. The van der Waals surface area contributed by atoms with Crippen LogP contribution in [0.4, 0.5) is 0 Å². The van der Waals surface area contributed by atoms with Crippen molar-refractivity contribution in [2.45, 2.75) is 115 Å². The van der Waals surface area contributed by atoms with Gasteiger partial charge in [0, 0.05) is 22.9 Å². The molecule has 0 fully saturated rings. The quantitative estimate of drug-likeness (QED) is 0.253. The first-order valence-corrected chi connectivity index (χ1v) is 16.3. The number of phenolic OH excluding ortho intramolecular Hbond substituents is 2. The SMILES string of the molecule is CC.CC.CC(=O)c1cc(C(=O)N(C)Cc2ccc(C)s2)c(O)cc1O.CCCCC.CCc1ccc(C)cc1CC. The normalized spacial score (nSPS) is 9.43. The summed E-state index contributed by atoms with van der Waals surface area (Å²) in [6.45, 7) is 22.7. The fourth-order valence-corrected chi connectivity index (χ4v) is 4.84. The van der Waals surface area contributed by atoms with E-state index < -0.39 is 5.91 Å². The van der Waals surface area contributed by atoms with E-state index in [4.69, 9.17) is 0 Å². The number of carbonyl (C=O) groups excluding carboxylic acids is 2. The molecule has 236 valence electrons. The predicted octanol–water partition coefficient (Wildman–Crippen LogP) is 10.3. The van der Waals surface area contributed by atoms with Gasteiger partial charge in [0.15, 0.2) is 5.78 Å². The molecular formula is C36H57NO4S. The average Bonchev–Trinajstić information content (AvgIpc) is 3.39. The Hall–Kier alpha value is -3.12. The van der Waals surface area contributed by atoms with Crippen LogP contribution in [0.1, 0.15) is 129 Å². The van der Waals surface area contributed by atoms with Crippen LogP contribution in [0.3, 0.4) is 0 Å². The average molecular weight is 600 g/mol. The number of aryl methyl sites for hydroxylation is 4. The Morgan fingerprint density at radius 1 is 0.762 bits per heavy atom. The summed E-state index contributed by atoms with van der Waals surface area (Å²) in [5, 5.41) is 19.5. The Kier molecular flexibility index (Phi) is 22.9. The van der Waals surface area contributed by atoms with Gasteiger partial charge in [0.1, 0.15) is 11.5 Å². The van der Waals surface area contributed by atoms with Crippen LogP contribution in [-0.4, -0.2) is 33.9 Å². The molecule has 0 radical (unpaired) electrons. The molecule has 2 N–H and O–H groups in total. The van der Waals surface area contributed by atoms with Crippen molar-refractivity contribution >= 4 is 23.0 Å². The van der Waals surface area contributed by atoms with Crippen molar-refractivity contribution < 1.29 is 19.8 Å². The molecule has 3 aromatic rings. The molecule has 0 saturated heterocycles. The van der Waals surface area contributed by atoms with Crippen molar-refractivity contribution in [3.63, 3.8) is 0 Å². The molecule has 0 aliphatic heterocycles. The van der Waals surface area contributed by atoms with Gasteiger partial charge >= 0.3 is 0 Å². The highest BCUT2D eigenvalue weighted by molar-refractivity contribution is 7.11. The first kappa shape index (κ1) is 41.0. The molecule has 3 rings (SSSR count). The van der Waals surface area contributed by atoms with E-state index in [1.54, 1.807) is 18.4 Å². The highest BCUT2D eigenvalue weighted by Crippen LogP contribution is 2.29. The fourth-order valence-electron chi connectivity index (χ4n) is 3.89. The highest BCUT2D eigenvalue weighted by Gasteiger charge is 2.20. The number of hydrogen-bond donors (Lipinski definition) is 2. The topological polar surface area (TPSA) is 77.8 Å². The Balaban J connectivity index is 0. The van der Waals surface area contributed by atoms with Gasteiger partial charge in [0.2, 0.25) is 0 Å². The third-order valence-corrected chi connectivity index (χ3v) is 7.08. The van der Waals surface area contributed by atoms with Crippen LogP contribution in [0.5, 0.6) is 11.5 Å². The van der Waals surface area contributed by atoms with Gasteiger partial charge < -0.3 is 15.1 Å². The largest absolute Gasteiger partial charge is 0.507 e. The Labute approximate surface area is 260 Å². The van der Waals surface area contributed by atoms with Crippen LogP contribution < -0.4 is 0 Å². The number of benzene rings is 2. The van der Waals surface area contributed by atoms with Crippen molar-refractivity contribution in [2.75, 3.05) is 7.05 Å². The molecule has 6 heteroatoms. The van der Waals surface area contributed by atoms with E-state index in [9.17, 15) is 19.8 Å². The lowest BCUT2D eigenvalue weighted by Crippen LogP contribution is -2.26. The molecule has 0 spiro atoms. The number of amides is 1. The van der Waals surface area contributed by atoms with Crippen molar-refractivity contribution in [1.82, 2.24) is 4.90 Å². The minimum atomic E-state index is -0.411. The van der Waals surface area contributed by atoms with E-state index in [1.807, 2.05) is 46.8 Å². The van der Waals surface area contributed by atoms with Crippen LogP contribution in [0.25, 0.3) is 0 Å². The maximum Gasteiger partial charge on any atom is 0.257 e. The second-order valence-corrected chi connectivity index (χ2v) is 10.8. The lowest BCUT2D eigenvalue weighted by molar-refractivity contribution is 0.0783. The molecule has 5 nitrogen and oxygen atoms in total. The number of phenols is 2. The summed E-state index contributed by atoms with van der Waals surface area (Å²) < 4.78 is 0. The van der Waals surface area contributed by atoms with Crippen molar-refractivity contribution in [1.29, 1.82) is 0 Å². The van der Waals surface area contributed by atoms with Crippen molar-refractivity contribution in [3.8, 4) is 11.5 Å². The fraction of sp³-hybridized carbons (Fsp3) is 0.500. The van der Waals surface area contributed by atoms with Crippen LogP contribution in [0.2, 0.25) is 0 Å². The second kappa shape index (κ2) is 23.4. The van der Waals surface area contributed by atoms with Gasteiger partial charge in [-0.25, -0.2) is 0 Å². The summed E-state index contributed by atoms with van der Waals surface area (Å²) in [5.41, 5.74) is 4.39. The number of ketones is 1. The summed E-state index contributed by atoms with van der Waals surface area (Å²) in [6, 6.07) is 12.9. The van der Waals surface area contributed by atoms with E-state index in [2.05, 4.69) is 52.8 Å². The van der Waals surface area contributed by atoms with E-state index >= 15 is 0 Å². The number of hydrogen-bond acceptors (Lipinski definition) is 5. The lowest BCUT2D eigenvalue weighted by atomic mass is 10.0. The zero-order chi connectivity index (χ0) is 32.8. The Bertz CT molecular complexity index is 1180. The van der Waals surface area contributed by atoms with Crippen molar-refractivity contribution in [2.24, 2.45) is 0 Å². The monoisotopic (exact) mass is 599 g/mol. The predicted molar refractivity (Wildman–Crippen MR) is 182 cm³/mol. The summed E-state index contributed by atoms with van der Waals surface area (Å²) in [6.07, 6.45) is 6.39. The van der Waals surface area contributed by atoms with Gasteiger partial charge in [-0.3, -0.25) is 9.59 Å². The number of rotatable bonds is 8. The number of carbonyl (C=O) groups is 2. The number of unbranched alkanes of at least 4 members (excludes halogenated alkanes) is 2. The molecule has 0 bridgehead atoms. The highest BCUT2D eigenvalue weighted by atomic mass is 32.1. The molecule has 42 heavy (non-hydrogen) atoms. The zero-order valence-corrected chi connectivity index (χ0v) is 29.2. The van der Waals surface area contributed by atoms with E-state index in [0.29, 0.717) is 6.54 Å². The molecule has 1 heterocycles. The molecule has 0 saturated carbocycles. The van der Waals surface area contributed by atoms with Gasteiger partial charge in [-0.1, -0.05) is 98.4 Å². The maximum atomic E-state index is 12.4. The van der Waals surface area contributed by atoms with Crippen LogP contribution in [-0.2, 0) is 19.4 Å². The van der Waals surface area contributed by atoms with Gasteiger partial charge in [0.25, 0.3) is 5.91 Å². The summed E-state index contributed by atoms with van der Waals surface area (Å²) in [4.78, 5) is 27.5. The van der Waals surface area contributed by atoms with Gasteiger partial charge in [-0.15, -0.1) is 11.3 Å². The molecule has 1 amide bonds. The molecule has 1 aromatic heterocycles. The van der Waals surface area contributed by atoms with Gasteiger partial charge in [0.05, 0.1) is 17.7 Å². The van der Waals surface area contributed by atoms with Crippen LogP contribution in [0, 0.1) is 13.8 Å². The standard InChI is InChI=1S/C16H17NO4S.C11H16.C5H12.2C2H6/c1-9-4-5-11(22-9)8-17(3)16(21)13-6-12(10(2)18)14(19)7-15(13)20;1-4-10-7-6-9(3)8-11(10)5-2;1-3-5-4-2;2*1-2/h4-7,19-20H,8H2,1-3H3;6-8H,4-5H2,1-3H3;3-5H2,1-2H3;2*1-2H3. The number of Topliss-reactive ketones (excluding diaryl/α,β-unsaturated/α-hetero) is 1. The molecule has 2 aromatic carbocycles. The van der Waals surface area contributed by atoms with Gasteiger partial charge in [-0.05, 0) is 62.9 Å². The summed E-state index contributed by atoms with van der Waals surface area (Å²) >= 11 is 1.59. The first-order chi connectivity index (χ1) is 20.0. The Morgan fingerprint density at radius 3 is 1.74 bits per heavy atom. The van der Waals surface area contributed by atoms with E-state index in [0.717, 1.165) is 28.7 Å². The summed E-state index contributed by atoms with van der Waals surface area (Å²) in [5.74, 6) is -1.46. The first-order valence-electron chi connectivity index (χ1n) is 15.4.